The van der Waals surface area contributed by atoms with E-state index < -0.39 is 0 Å². The topological polar surface area (TPSA) is 12.0 Å². The van der Waals surface area contributed by atoms with Crippen LogP contribution in [0, 0.1) is 23.7 Å². The first kappa shape index (κ1) is 16.3. The zero-order valence-electron chi connectivity index (χ0n) is 14.2. The van der Waals surface area contributed by atoms with Gasteiger partial charge in [0.05, 0.1) is 0 Å². The van der Waals surface area contributed by atoms with Crippen LogP contribution in [0.4, 0.5) is 0 Å². The Bertz CT molecular complexity index is 254. The fraction of sp³-hybridized carbons (Fsp3) is 1.00. The fourth-order valence-electron chi connectivity index (χ4n) is 5.07. The molecule has 2 aliphatic rings. The van der Waals surface area contributed by atoms with E-state index in [-0.39, 0.29) is 0 Å². The second-order valence-corrected chi connectivity index (χ2v) is 7.39. The minimum Gasteiger partial charge on any atom is -0.314 e. The molecule has 3 unspecified atom stereocenters. The summed E-state index contributed by atoms with van der Waals surface area (Å²) in [6, 6.07) is 0.822. The Kier molecular flexibility index (Phi) is 6.87. The van der Waals surface area contributed by atoms with Gasteiger partial charge in [0.1, 0.15) is 0 Å². The molecule has 2 fully saturated rings. The molecule has 0 saturated heterocycles. The molecule has 118 valence electrons. The third-order valence-corrected chi connectivity index (χ3v) is 6.37. The van der Waals surface area contributed by atoms with E-state index in [4.69, 9.17) is 0 Å². The predicted molar refractivity (Wildman–Crippen MR) is 88.9 cm³/mol. The summed E-state index contributed by atoms with van der Waals surface area (Å²) < 4.78 is 0. The van der Waals surface area contributed by atoms with Crippen LogP contribution in [0.3, 0.4) is 0 Å². The van der Waals surface area contributed by atoms with E-state index in [0.717, 1.165) is 36.3 Å². The Morgan fingerprint density at radius 1 is 0.850 bits per heavy atom. The highest BCUT2D eigenvalue weighted by molar-refractivity contribution is 4.90. The average molecular weight is 280 g/mol. The lowest BCUT2D eigenvalue weighted by Crippen LogP contribution is -2.47. The first-order valence-electron chi connectivity index (χ1n) is 9.53. The van der Waals surface area contributed by atoms with Crippen molar-refractivity contribution in [2.45, 2.75) is 91.0 Å². The molecule has 2 saturated carbocycles. The number of hydrogen-bond donors (Lipinski definition) is 1. The Morgan fingerprint density at radius 3 is 2.15 bits per heavy atom. The Balaban J connectivity index is 1.98. The van der Waals surface area contributed by atoms with Crippen molar-refractivity contribution in [2.75, 3.05) is 6.54 Å². The van der Waals surface area contributed by atoms with Gasteiger partial charge in [0, 0.05) is 6.04 Å². The van der Waals surface area contributed by atoms with Gasteiger partial charge >= 0.3 is 0 Å². The summed E-state index contributed by atoms with van der Waals surface area (Å²) in [6.45, 7) is 8.25. The second-order valence-electron chi connectivity index (χ2n) is 7.39. The molecule has 2 aliphatic carbocycles. The summed E-state index contributed by atoms with van der Waals surface area (Å²) in [6.07, 6.45) is 14.7. The Labute approximate surface area is 127 Å². The average Bonchev–Trinajstić information content (AvgIpc) is 2.53. The van der Waals surface area contributed by atoms with Gasteiger partial charge in [-0.3, -0.25) is 0 Å². The largest absolute Gasteiger partial charge is 0.314 e. The summed E-state index contributed by atoms with van der Waals surface area (Å²) in [5.74, 6) is 3.96. The van der Waals surface area contributed by atoms with E-state index in [1.807, 2.05) is 0 Å². The van der Waals surface area contributed by atoms with Crippen LogP contribution in [0.15, 0.2) is 0 Å². The standard InChI is InChI=1S/C19H37N/c1-4-15-11-13-17(14-12-15)19(20-6-3)18-10-8-7-9-16(18)5-2/h15-20H,4-14H2,1-3H3. The maximum atomic E-state index is 3.92. The van der Waals surface area contributed by atoms with Crippen LogP contribution in [-0.4, -0.2) is 12.6 Å². The molecular weight excluding hydrogens is 242 g/mol. The van der Waals surface area contributed by atoms with Gasteiger partial charge in [-0.05, 0) is 49.5 Å². The zero-order valence-corrected chi connectivity index (χ0v) is 14.2. The minimum atomic E-state index is 0.822. The smallest absolute Gasteiger partial charge is 0.0126 e. The third-order valence-electron chi connectivity index (χ3n) is 6.37. The quantitative estimate of drug-likeness (QED) is 0.686. The molecule has 0 aromatic rings. The minimum absolute atomic E-state index is 0.822. The molecule has 3 atom stereocenters. The zero-order chi connectivity index (χ0) is 14.4. The fourth-order valence-corrected chi connectivity index (χ4v) is 5.07. The van der Waals surface area contributed by atoms with Crippen LogP contribution in [0.2, 0.25) is 0 Å². The normalized spacial score (nSPS) is 36.8. The first-order valence-corrected chi connectivity index (χ1v) is 9.53. The highest BCUT2D eigenvalue weighted by Crippen LogP contribution is 2.41. The SMILES string of the molecule is CCNC(C1CCC(CC)CC1)C1CCCCC1CC. The molecule has 1 heteroatoms. The van der Waals surface area contributed by atoms with Crippen molar-refractivity contribution in [3.05, 3.63) is 0 Å². The third kappa shape index (κ3) is 4.00. The molecule has 20 heavy (non-hydrogen) atoms. The van der Waals surface area contributed by atoms with Gasteiger partial charge in [-0.1, -0.05) is 65.7 Å². The number of rotatable bonds is 6. The highest BCUT2D eigenvalue weighted by atomic mass is 14.9. The molecule has 0 heterocycles. The van der Waals surface area contributed by atoms with Crippen LogP contribution in [0.25, 0.3) is 0 Å². The lowest BCUT2D eigenvalue weighted by atomic mass is 9.67. The highest BCUT2D eigenvalue weighted by Gasteiger charge is 2.36. The van der Waals surface area contributed by atoms with Gasteiger partial charge in [0.2, 0.25) is 0 Å². The Hall–Kier alpha value is -0.0400. The summed E-state index contributed by atoms with van der Waals surface area (Å²) in [4.78, 5) is 0. The van der Waals surface area contributed by atoms with Crippen molar-refractivity contribution in [3.63, 3.8) is 0 Å². The van der Waals surface area contributed by atoms with Gasteiger partial charge in [-0.15, -0.1) is 0 Å². The van der Waals surface area contributed by atoms with Crippen molar-refractivity contribution in [1.29, 1.82) is 0 Å². The van der Waals surface area contributed by atoms with Crippen molar-refractivity contribution in [2.24, 2.45) is 23.7 Å². The molecule has 1 N–H and O–H groups in total. The summed E-state index contributed by atoms with van der Waals surface area (Å²) >= 11 is 0. The monoisotopic (exact) mass is 279 g/mol. The van der Waals surface area contributed by atoms with Gasteiger partial charge in [0.15, 0.2) is 0 Å². The van der Waals surface area contributed by atoms with E-state index in [9.17, 15) is 0 Å². The molecule has 0 bridgehead atoms. The van der Waals surface area contributed by atoms with Crippen molar-refractivity contribution in [3.8, 4) is 0 Å². The molecule has 0 radical (unpaired) electrons. The van der Waals surface area contributed by atoms with Crippen LogP contribution >= 0.6 is 0 Å². The van der Waals surface area contributed by atoms with Gasteiger partial charge in [-0.25, -0.2) is 0 Å². The van der Waals surface area contributed by atoms with Crippen LogP contribution in [0.1, 0.15) is 85.0 Å². The number of nitrogens with one attached hydrogen (secondary N) is 1. The van der Waals surface area contributed by atoms with E-state index in [1.165, 1.54) is 64.2 Å². The maximum absolute atomic E-state index is 3.92. The van der Waals surface area contributed by atoms with E-state index in [2.05, 4.69) is 26.1 Å². The van der Waals surface area contributed by atoms with Gasteiger partial charge < -0.3 is 5.32 Å². The molecular formula is C19H37N. The van der Waals surface area contributed by atoms with Crippen molar-refractivity contribution >= 4 is 0 Å². The van der Waals surface area contributed by atoms with Crippen molar-refractivity contribution in [1.82, 2.24) is 5.32 Å². The van der Waals surface area contributed by atoms with Gasteiger partial charge in [-0.2, -0.15) is 0 Å². The molecule has 0 amide bonds. The Morgan fingerprint density at radius 2 is 1.55 bits per heavy atom. The molecule has 0 spiro atoms. The lowest BCUT2D eigenvalue weighted by Gasteiger charge is -2.43. The van der Waals surface area contributed by atoms with Crippen LogP contribution in [0.5, 0.6) is 0 Å². The predicted octanol–water partition coefficient (Wildman–Crippen LogP) is 5.40. The first-order chi connectivity index (χ1) is 9.80. The van der Waals surface area contributed by atoms with E-state index in [0.29, 0.717) is 0 Å². The second kappa shape index (κ2) is 8.41. The summed E-state index contributed by atoms with van der Waals surface area (Å²) in [7, 11) is 0. The molecule has 0 aliphatic heterocycles. The van der Waals surface area contributed by atoms with E-state index >= 15 is 0 Å². The van der Waals surface area contributed by atoms with Gasteiger partial charge in [0.25, 0.3) is 0 Å². The summed E-state index contributed by atoms with van der Waals surface area (Å²) in [5.41, 5.74) is 0. The van der Waals surface area contributed by atoms with Crippen LogP contribution < -0.4 is 5.32 Å². The maximum Gasteiger partial charge on any atom is 0.0126 e. The summed E-state index contributed by atoms with van der Waals surface area (Å²) in [5, 5.41) is 3.92. The molecule has 0 aromatic heterocycles. The van der Waals surface area contributed by atoms with Crippen molar-refractivity contribution < 1.29 is 0 Å². The molecule has 0 aromatic carbocycles. The number of hydrogen-bond acceptors (Lipinski definition) is 1. The van der Waals surface area contributed by atoms with E-state index in [1.54, 1.807) is 0 Å². The molecule has 2 rings (SSSR count). The lowest BCUT2D eigenvalue weighted by molar-refractivity contribution is 0.109. The van der Waals surface area contributed by atoms with Crippen LogP contribution in [-0.2, 0) is 0 Å². The molecule has 1 nitrogen and oxygen atoms in total.